The molecule has 0 radical (unpaired) electrons. The van der Waals surface area contributed by atoms with Gasteiger partial charge in [-0.1, -0.05) is 61.2 Å². The number of carbonyl (C=O) groups is 2. The van der Waals surface area contributed by atoms with Crippen LogP contribution in [0.3, 0.4) is 0 Å². The average molecular weight is 494 g/mol. The van der Waals surface area contributed by atoms with E-state index in [0.717, 1.165) is 74.2 Å². The van der Waals surface area contributed by atoms with Gasteiger partial charge in [-0.3, -0.25) is 9.59 Å². The zero-order valence-corrected chi connectivity index (χ0v) is 21.5. The number of likely N-dealkylation sites (N-methyl/N-ethyl adjacent to an activating group) is 1. The van der Waals surface area contributed by atoms with E-state index < -0.39 is 0 Å². The first kappa shape index (κ1) is 24.3. The minimum absolute atomic E-state index is 0.0198. The van der Waals surface area contributed by atoms with Gasteiger partial charge in [-0.25, -0.2) is 0 Å². The molecule has 1 aliphatic carbocycles. The minimum Gasteiger partial charge on any atom is -0.339 e. The van der Waals surface area contributed by atoms with E-state index in [1.165, 1.54) is 19.3 Å². The summed E-state index contributed by atoms with van der Waals surface area (Å²) in [6, 6.07) is 14.3. The van der Waals surface area contributed by atoms with Gasteiger partial charge in [-0.15, -0.1) is 0 Å². The van der Waals surface area contributed by atoms with Crippen molar-refractivity contribution < 1.29 is 9.59 Å². The van der Waals surface area contributed by atoms with Gasteiger partial charge in [-0.2, -0.15) is 0 Å². The summed E-state index contributed by atoms with van der Waals surface area (Å²) in [6.45, 7) is 4.16. The topological polar surface area (TPSA) is 43.9 Å². The molecule has 2 aromatic carbocycles. The lowest BCUT2D eigenvalue weighted by Crippen LogP contribution is -2.47. The van der Waals surface area contributed by atoms with Crippen LogP contribution in [0, 0.1) is 5.92 Å². The Morgan fingerprint density at radius 3 is 2.43 bits per heavy atom. The number of carbonyl (C=O) groups excluding carboxylic acids is 2. The van der Waals surface area contributed by atoms with Crippen molar-refractivity contribution in [3.63, 3.8) is 0 Å². The van der Waals surface area contributed by atoms with Crippen LogP contribution >= 0.6 is 11.6 Å². The standard InChI is InChI=1S/C29H36ClN3O2/c1-31-15-17-32(18-16-31)29(35)26-10-6-5-9-25(26)21-11-12-22(27(30)20-21)19-23-13-14-33(28(23)34)24-7-3-2-4-8-24/h5-6,9-12,20,23-24H,2-4,7-8,13-19H2,1H3. The maximum atomic E-state index is 13.3. The van der Waals surface area contributed by atoms with Crippen LogP contribution in [0.5, 0.6) is 0 Å². The first-order valence-electron chi connectivity index (χ1n) is 13.2. The lowest BCUT2D eigenvalue weighted by Gasteiger charge is -2.32. The monoisotopic (exact) mass is 493 g/mol. The Kier molecular flexibility index (Phi) is 7.45. The van der Waals surface area contributed by atoms with Gasteiger partial charge >= 0.3 is 0 Å². The summed E-state index contributed by atoms with van der Waals surface area (Å²) in [7, 11) is 2.09. The van der Waals surface area contributed by atoms with Crippen molar-refractivity contribution in [2.75, 3.05) is 39.8 Å². The number of hydrogen-bond donors (Lipinski definition) is 0. The van der Waals surface area contributed by atoms with Crippen molar-refractivity contribution in [3.05, 3.63) is 58.6 Å². The van der Waals surface area contributed by atoms with Crippen LogP contribution in [0.25, 0.3) is 11.1 Å². The molecular formula is C29H36ClN3O2. The van der Waals surface area contributed by atoms with Crippen LogP contribution < -0.4 is 0 Å². The Balaban J connectivity index is 1.30. The number of halogens is 1. The second-order valence-corrected chi connectivity index (χ2v) is 10.9. The number of likely N-dealkylation sites (tertiary alicyclic amines) is 1. The Morgan fingerprint density at radius 2 is 1.69 bits per heavy atom. The lowest BCUT2D eigenvalue weighted by molar-refractivity contribution is -0.133. The summed E-state index contributed by atoms with van der Waals surface area (Å²) in [5.41, 5.74) is 3.58. The highest BCUT2D eigenvalue weighted by atomic mass is 35.5. The maximum Gasteiger partial charge on any atom is 0.254 e. The third kappa shape index (κ3) is 5.26. The van der Waals surface area contributed by atoms with Gasteiger partial charge in [0.25, 0.3) is 5.91 Å². The van der Waals surface area contributed by atoms with Crippen molar-refractivity contribution in [1.29, 1.82) is 0 Å². The van der Waals surface area contributed by atoms with Crippen molar-refractivity contribution in [2.45, 2.75) is 51.0 Å². The molecule has 1 saturated carbocycles. The van der Waals surface area contributed by atoms with E-state index in [1.807, 2.05) is 41.3 Å². The average Bonchev–Trinajstić information content (AvgIpc) is 3.25. The minimum atomic E-state index is 0.0198. The molecule has 2 heterocycles. The van der Waals surface area contributed by atoms with Gasteiger partial charge in [0.05, 0.1) is 0 Å². The summed E-state index contributed by atoms with van der Waals surface area (Å²) in [6.07, 6.45) is 7.68. The van der Waals surface area contributed by atoms with Crippen molar-refractivity contribution >= 4 is 23.4 Å². The molecular weight excluding hydrogens is 458 g/mol. The fraction of sp³-hybridized carbons (Fsp3) is 0.517. The molecule has 0 N–H and O–H groups in total. The van der Waals surface area contributed by atoms with E-state index in [1.54, 1.807) is 0 Å². The van der Waals surface area contributed by atoms with Crippen molar-refractivity contribution in [2.24, 2.45) is 5.92 Å². The van der Waals surface area contributed by atoms with Crippen LogP contribution in [0.2, 0.25) is 5.02 Å². The Morgan fingerprint density at radius 1 is 0.943 bits per heavy atom. The molecule has 0 spiro atoms. The molecule has 3 fully saturated rings. The summed E-state index contributed by atoms with van der Waals surface area (Å²) >= 11 is 6.76. The van der Waals surface area contributed by atoms with Gasteiger partial charge in [0, 0.05) is 55.3 Å². The molecule has 1 atom stereocenters. The van der Waals surface area contributed by atoms with Gasteiger partial charge in [-0.05, 0) is 61.6 Å². The van der Waals surface area contributed by atoms with Gasteiger partial charge < -0.3 is 14.7 Å². The van der Waals surface area contributed by atoms with Gasteiger partial charge in [0.1, 0.15) is 0 Å². The second-order valence-electron chi connectivity index (χ2n) is 10.5. The highest BCUT2D eigenvalue weighted by Gasteiger charge is 2.36. The zero-order valence-electron chi connectivity index (χ0n) is 20.7. The van der Waals surface area contributed by atoms with Crippen molar-refractivity contribution in [1.82, 2.24) is 14.7 Å². The van der Waals surface area contributed by atoms with E-state index in [4.69, 9.17) is 11.6 Å². The van der Waals surface area contributed by atoms with Crippen LogP contribution in [-0.2, 0) is 11.2 Å². The fourth-order valence-electron chi connectivity index (χ4n) is 5.95. The molecule has 35 heavy (non-hydrogen) atoms. The number of rotatable bonds is 5. The number of benzene rings is 2. The highest BCUT2D eigenvalue weighted by molar-refractivity contribution is 6.31. The normalized spacial score (nSPS) is 22.1. The fourth-order valence-corrected chi connectivity index (χ4v) is 6.21. The first-order valence-corrected chi connectivity index (χ1v) is 13.5. The van der Waals surface area contributed by atoms with E-state index >= 15 is 0 Å². The first-order chi connectivity index (χ1) is 17.0. The Labute approximate surface area is 214 Å². The predicted octanol–water partition coefficient (Wildman–Crippen LogP) is 5.12. The number of hydrogen-bond acceptors (Lipinski definition) is 3. The Hall–Kier alpha value is -2.37. The highest BCUT2D eigenvalue weighted by Crippen LogP contribution is 2.34. The van der Waals surface area contributed by atoms with Gasteiger partial charge in [0.15, 0.2) is 0 Å². The molecule has 6 heteroatoms. The third-order valence-corrected chi connectivity index (χ3v) is 8.50. The number of piperazine rings is 1. The quantitative estimate of drug-likeness (QED) is 0.580. The molecule has 2 aromatic rings. The SMILES string of the molecule is CN1CCN(C(=O)c2ccccc2-c2ccc(CC3CCN(C4CCCCC4)C3=O)c(Cl)c2)CC1. The molecule has 0 aromatic heterocycles. The molecule has 2 amide bonds. The summed E-state index contributed by atoms with van der Waals surface area (Å²) in [4.78, 5) is 32.8. The summed E-state index contributed by atoms with van der Waals surface area (Å²) in [5, 5.41) is 0.674. The smallest absolute Gasteiger partial charge is 0.254 e. The molecule has 3 aliphatic rings. The number of amides is 2. The molecule has 2 saturated heterocycles. The van der Waals surface area contributed by atoms with E-state index in [2.05, 4.69) is 22.9 Å². The molecule has 0 bridgehead atoms. The zero-order chi connectivity index (χ0) is 24.4. The van der Waals surface area contributed by atoms with Crippen LogP contribution in [-0.4, -0.2) is 72.3 Å². The maximum absolute atomic E-state index is 13.3. The molecule has 5 nitrogen and oxygen atoms in total. The summed E-state index contributed by atoms with van der Waals surface area (Å²) in [5.74, 6) is 0.403. The molecule has 1 unspecified atom stereocenters. The largest absolute Gasteiger partial charge is 0.339 e. The van der Waals surface area contributed by atoms with Crippen molar-refractivity contribution in [3.8, 4) is 11.1 Å². The van der Waals surface area contributed by atoms with E-state index in [0.29, 0.717) is 23.4 Å². The molecule has 2 aliphatic heterocycles. The number of nitrogens with zero attached hydrogens (tertiary/aromatic N) is 3. The van der Waals surface area contributed by atoms with Gasteiger partial charge in [0.2, 0.25) is 5.91 Å². The van der Waals surface area contributed by atoms with Crippen LogP contribution in [0.1, 0.15) is 54.4 Å². The summed E-state index contributed by atoms with van der Waals surface area (Å²) < 4.78 is 0. The Bertz CT molecular complexity index is 1070. The second kappa shape index (κ2) is 10.7. The van der Waals surface area contributed by atoms with E-state index in [-0.39, 0.29) is 11.8 Å². The van der Waals surface area contributed by atoms with Crippen LogP contribution in [0.15, 0.2) is 42.5 Å². The molecule has 5 rings (SSSR count). The third-order valence-electron chi connectivity index (χ3n) is 8.14. The van der Waals surface area contributed by atoms with E-state index in [9.17, 15) is 9.59 Å². The van der Waals surface area contributed by atoms with Crippen LogP contribution in [0.4, 0.5) is 0 Å². The molecule has 186 valence electrons. The lowest BCUT2D eigenvalue weighted by atomic mass is 9.93. The predicted molar refractivity (Wildman–Crippen MR) is 141 cm³/mol.